The number of hydrogen-bond acceptors (Lipinski definition) is 2. The zero-order valence-corrected chi connectivity index (χ0v) is 7.68. The van der Waals surface area contributed by atoms with Crippen molar-refractivity contribution in [1.29, 1.82) is 5.26 Å². The topological polar surface area (TPSA) is 49.8 Å². The van der Waals surface area contributed by atoms with Crippen LogP contribution in [0.15, 0.2) is 22.7 Å². The molecule has 1 atom stereocenters. The highest BCUT2D eigenvalue weighted by atomic mass is 79.9. The van der Waals surface area contributed by atoms with Crippen molar-refractivity contribution >= 4 is 15.9 Å². The first kappa shape index (κ1) is 9.17. The first-order valence-corrected chi connectivity index (χ1v) is 4.04. The maximum atomic E-state index is 12.9. The van der Waals surface area contributed by atoms with Crippen molar-refractivity contribution in [3.63, 3.8) is 0 Å². The number of benzene rings is 1. The Labute approximate surface area is 77.9 Å². The van der Waals surface area contributed by atoms with Gasteiger partial charge in [0.2, 0.25) is 0 Å². The minimum Gasteiger partial charge on any atom is -0.312 e. The third-order valence-corrected chi connectivity index (χ3v) is 2.08. The summed E-state index contributed by atoms with van der Waals surface area (Å²) >= 11 is 3.00. The SMILES string of the molecule is N#CC(N)c1ccc(Br)c(F)c1. The van der Waals surface area contributed by atoms with Crippen molar-refractivity contribution in [2.45, 2.75) is 6.04 Å². The maximum absolute atomic E-state index is 12.9. The Morgan fingerprint density at radius 1 is 1.58 bits per heavy atom. The molecule has 0 saturated heterocycles. The number of nitrogens with two attached hydrogens (primary N) is 1. The summed E-state index contributed by atoms with van der Waals surface area (Å²) in [6.07, 6.45) is 0. The number of nitrogens with zero attached hydrogens (tertiary/aromatic N) is 1. The second-order valence-corrected chi connectivity index (χ2v) is 3.13. The van der Waals surface area contributed by atoms with Gasteiger partial charge in [0.25, 0.3) is 0 Å². The third kappa shape index (κ3) is 1.81. The second kappa shape index (κ2) is 3.65. The molecule has 12 heavy (non-hydrogen) atoms. The maximum Gasteiger partial charge on any atom is 0.137 e. The largest absolute Gasteiger partial charge is 0.312 e. The molecule has 0 aromatic heterocycles. The smallest absolute Gasteiger partial charge is 0.137 e. The fourth-order valence-corrected chi connectivity index (χ4v) is 1.03. The lowest BCUT2D eigenvalue weighted by Crippen LogP contribution is -2.07. The minimum absolute atomic E-state index is 0.372. The molecule has 1 unspecified atom stereocenters. The monoisotopic (exact) mass is 228 g/mol. The van der Waals surface area contributed by atoms with Crippen molar-refractivity contribution in [3.8, 4) is 6.07 Å². The van der Waals surface area contributed by atoms with E-state index in [1.165, 1.54) is 12.1 Å². The van der Waals surface area contributed by atoms with Gasteiger partial charge in [0, 0.05) is 0 Å². The molecule has 1 aromatic rings. The van der Waals surface area contributed by atoms with E-state index in [1.54, 1.807) is 6.07 Å². The van der Waals surface area contributed by atoms with Crippen molar-refractivity contribution in [1.82, 2.24) is 0 Å². The highest BCUT2D eigenvalue weighted by Gasteiger charge is 2.06. The van der Waals surface area contributed by atoms with Gasteiger partial charge >= 0.3 is 0 Å². The minimum atomic E-state index is -0.757. The first-order chi connectivity index (χ1) is 5.65. The van der Waals surface area contributed by atoms with E-state index in [-0.39, 0.29) is 0 Å². The van der Waals surface area contributed by atoms with Crippen molar-refractivity contribution in [3.05, 3.63) is 34.1 Å². The summed E-state index contributed by atoms with van der Waals surface area (Å²) in [5.41, 5.74) is 5.85. The second-order valence-electron chi connectivity index (χ2n) is 2.28. The summed E-state index contributed by atoms with van der Waals surface area (Å²) in [4.78, 5) is 0. The molecule has 0 aliphatic carbocycles. The summed E-state index contributed by atoms with van der Waals surface area (Å²) < 4.78 is 13.2. The molecule has 0 aliphatic heterocycles. The number of nitriles is 1. The van der Waals surface area contributed by atoms with Crippen LogP contribution in [0, 0.1) is 17.1 Å². The van der Waals surface area contributed by atoms with Crippen molar-refractivity contribution < 1.29 is 4.39 Å². The molecule has 0 spiro atoms. The molecule has 1 rings (SSSR count). The number of rotatable bonds is 1. The van der Waals surface area contributed by atoms with E-state index in [0.29, 0.717) is 10.0 Å². The van der Waals surface area contributed by atoms with Crippen molar-refractivity contribution in [2.24, 2.45) is 5.73 Å². The average molecular weight is 229 g/mol. The highest BCUT2D eigenvalue weighted by molar-refractivity contribution is 9.10. The molecule has 0 bridgehead atoms. The van der Waals surface area contributed by atoms with Crippen LogP contribution in [-0.2, 0) is 0 Å². The quantitative estimate of drug-likeness (QED) is 0.801. The molecule has 0 fully saturated rings. The van der Waals surface area contributed by atoms with Gasteiger partial charge in [0.1, 0.15) is 11.9 Å². The standard InChI is InChI=1S/C8H6BrFN2/c9-6-2-1-5(3-7(6)10)8(12)4-11/h1-3,8H,12H2. The molecule has 0 aliphatic rings. The molecule has 62 valence electrons. The zero-order valence-electron chi connectivity index (χ0n) is 6.09. The lowest BCUT2D eigenvalue weighted by Gasteiger charge is -2.02. The van der Waals surface area contributed by atoms with Gasteiger partial charge in [-0.25, -0.2) is 4.39 Å². The Balaban J connectivity index is 3.06. The van der Waals surface area contributed by atoms with Gasteiger partial charge < -0.3 is 5.73 Å². The van der Waals surface area contributed by atoms with Gasteiger partial charge in [-0.05, 0) is 33.6 Å². The van der Waals surface area contributed by atoms with E-state index in [1.807, 2.05) is 6.07 Å². The van der Waals surface area contributed by atoms with Crippen LogP contribution in [-0.4, -0.2) is 0 Å². The normalized spacial score (nSPS) is 12.2. The Bertz CT molecular complexity index is 332. The van der Waals surface area contributed by atoms with Crippen LogP contribution in [0.25, 0.3) is 0 Å². The fraction of sp³-hybridized carbons (Fsp3) is 0.125. The lowest BCUT2D eigenvalue weighted by atomic mass is 10.1. The molecule has 4 heteroatoms. The highest BCUT2D eigenvalue weighted by Crippen LogP contribution is 2.19. The van der Waals surface area contributed by atoms with E-state index in [0.717, 1.165) is 0 Å². The van der Waals surface area contributed by atoms with E-state index < -0.39 is 11.9 Å². The van der Waals surface area contributed by atoms with Crippen LogP contribution in [0.4, 0.5) is 4.39 Å². The summed E-state index contributed by atoms with van der Waals surface area (Å²) in [5, 5.41) is 8.44. The molecule has 0 saturated carbocycles. The molecule has 2 N–H and O–H groups in total. The Morgan fingerprint density at radius 3 is 2.75 bits per heavy atom. The van der Waals surface area contributed by atoms with Crippen LogP contribution in [0.2, 0.25) is 0 Å². The van der Waals surface area contributed by atoms with Gasteiger partial charge in [-0.15, -0.1) is 0 Å². The Morgan fingerprint density at radius 2 is 2.25 bits per heavy atom. The molecular weight excluding hydrogens is 223 g/mol. The van der Waals surface area contributed by atoms with Crippen LogP contribution in [0.3, 0.4) is 0 Å². The fourth-order valence-electron chi connectivity index (χ4n) is 0.780. The predicted molar refractivity (Wildman–Crippen MR) is 46.6 cm³/mol. The zero-order chi connectivity index (χ0) is 9.14. The summed E-state index contributed by atoms with van der Waals surface area (Å²) in [7, 11) is 0. The summed E-state index contributed by atoms with van der Waals surface area (Å²) in [5.74, 6) is -0.404. The molecule has 0 heterocycles. The molecular formula is C8H6BrFN2. The van der Waals surface area contributed by atoms with E-state index in [2.05, 4.69) is 15.9 Å². The van der Waals surface area contributed by atoms with Gasteiger partial charge in [-0.1, -0.05) is 6.07 Å². The van der Waals surface area contributed by atoms with E-state index in [9.17, 15) is 4.39 Å². The summed E-state index contributed by atoms with van der Waals surface area (Å²) in [6.45, 7) is 0. The number of hydrogen-bond donors (Lipinski definition) is 1. The third-order valence-electron chi connectivity index (χ3n) is 1.44. The van der Waals surface area contributed by atoms with Gasteiger partial charge in [0.05, 0.1) is 10.5 Å². The molecule has 0 amide bonds. The Kier molecular flexibility index (Phi) is 2.79. The number of halogens is 2. The van der Waals surface area contributed by atoms with Crippen LogP contribution < -0.4 is 5.73 Å². The van der Waals surface area contributed by atoms with Gasteiger partial charge in [0.15, 0.2) is 0 Å². The van der Waals surface area contributed by atoms with Crippen molar-refractivity contribution in [2.75, 3.05) is 0 Å². The van der Waals surface area contributed by atoms with E-state index >= 15 is 0 Å². The first-order valence-electron chi connectivity index (χ1n) is 3.25. The predicted octanol–water partition coefficient (Wildman–Crippen LogP) is 2.11. The van der Waals surface area contributed by atoms with Crippen LogP contribution in [0.5, 0.6) is 0 Å². The molecule has 2 nitrogen and oxygen atoms in total. The average Bonchev–Trinajstić information content (AvgIpc) is 2.08. The molecule has 1 aromatic carbocycles. The molecule has 0 radical (unpaired) electrons. The Hall–Kier alpha value is -0.920. The van der Waals surface area contributed by atoms with E-state index in [4.69, 9.17) is 11.0 Å². The summed E-state index contributed by atoms with van der Waals surface area (Å²) in [6, 6.07) is 5.46. The van der Waals surface area contributed by atoms with Gasteiger partial charge in [-0.3, -0.25) is 0 Å². The van der Waals surface area contributed by atoms with Gasteiger partial charge in [-0.2, -0.15) is 5.26 Å². The van der Waals surface area contributed by atoms with Crippen LogP contribution >= 0.6 is 15.9 Å². The lowest BCUT2D eigenvalue weighted by molar-refractivity contribution is 0.617. The van der Waals surface area contributed by atoms with Crippen LogP contribution in [0.1, 0.15) is 11.6 Å².